The lowest BCUT2D eigenvalue weighted by Gasteiger charge is -2.11. The largest absolute Gasteiger partial charge is 0.476 e. The number of ether oxygens (including phenoxy) is 2. The molecule has 3 aromatic rings. The maximum atomic E-state index is 12.5. The number of hydrogen-bond donors (Lipinski definition) is 0. The Labute approximate surface area is 148 Å². The number of alkyl halides is 2. The number of aryl methyl sites for hydroxylation is 1. The molecule has 0 fully saturated rings. The van der Waals surface area contributed by atoms with Crippen molar-refractivity contribution in [2.75, 3.05) is 6.61 Å². The van der Waals surface area contributed by atoms with Crippen LogP contribution in [0, 0.1) is 6.92 Å². The van der Waals surface area contributed by atoms with Crippen LogP contribution in [0.25, 0.3) is 11.3 Å². The maximum Gasteiger partial charge on any atom is 0.387 e. The van der Waals surface area contributed by atoms with E-state index < -0.39 is 6.61 Å². The molecule has 2 aromatic heterocycles. The predicted molar refractivity (Wildman–Crippen MR) is 89.1 cm³/mol. The Morgan fingerprint density at radius 1 is 1.23 bits per heavy atom. The van der Waals surface area contributed by atoms with Crippen molar-refractivity contribution >= 4 is 0 Å². The second-order valence-corrected chi connectivity index (χ2v) is 5.34. The molecule has 9 heteroatoms. The molecule has 0 amide bonds. The number of hydrogen-bond acceptors (Lipinski definition) is 6. The molecule has 136 valence electrons. The molecule has 0 N–H and O–H groups in total. The van der Waals surface area contributed by atoms with Crippen molar-refractivity contribution in [2.45, 2.75) is 27.0 Å². The molecule has 0 saturated carbocycles. The monoisotopic (exact) mass is 361 g/mol. The topological polar surface area (TPSA) is 75.0 Å². The van der Waals surface area contributed by atoms with Gasteiger partial charge in [-0.3, -0.25) is 0 Å². The van der Waals surface area contributed by atoms with Gasteiger partial charge in [-0.2, -0.15) is 13.9 Å². The molecule has 26 heavy (non-hydrogen) atoms. The minimum atomic E-state index is -2.90. The molecule has 0 atom stereocenters. The number of benzene rings is 1. The van der Waals surface area contributed by atoms with E-state index in [-0.39, 0.29) is 5.75 Å². The van der Waals surface area contributed by atoms with Crippen LogP contribution in [0.3, 0.4) is 0 Å². The molecular formula is C17H17F2N5O2. The zero-order valence-corrected chi connectivity index (χ0v) is 14.3. The van der Waals surface area contributed by atoms with Gasteiger partial charge >= 0.3 is 6.61 Å². The number of halogens is 2. The lowest BCUT2D eigenvalue weighted by atomic mass is 10.1. The summed E-state index contributed by atoms with van der Waals surface area (Å²) in [6.45, 7) is 1.50. The zero-order chi connectivity index (χ0) is 18.5. The predicted octanol–water partition coefficient (Wildman–Crippen LogP) is 3.09. The Kier molecular flexibility index (Phi) is 5.35. The highest BCUT2D eigenvalue weighted by atomic mass is 19.3. The van der Waals surface area contributed by atoms with Gasteiger partial charge in [-0.05, 0) is 26.0 Å². The molecule has 0 bridgehead atoms. The molecule has 0 unspecified atom stereocenters. The smallest absolute Gasteiger partial charge is 0.387 e. The van der Waals surface area contributed by atoms with Gasteiger partial charge in [-0.15, -0.1) is 0 Å². The van der Waals surface area contributed by atoms with E-state index in [1.807, 2.05) is 6.92 Å². The minimum Gasteiger partial charge on any atom is -0.476 e. The first-order valence-corrected chi connectivity index (χ1v) is 7.95. The van der Waals surface area contributed by atoms with Gasteiger partial charge in [0.05, 0.1) is 25.0 Å². The van der Waals surface area contributed by atoms with Crippen molar-refractivity contribution in [3.63, 3.8) is 0 Å². The molecule has 0 radical (unpaired) electrons. The minimum absolute atomic E-state index is 0.0408. The Morgan fingerprint density at radius 2 is 2.08 bits per heavy atom. The van der Waals surface area contributed by atoms with Gasteiger partial charge in [-0.25, -0.2) is 19.6 Å². The summed E-state index contributed by atoms with van der Waals surface area (Å²) in [5.74, 6) is 1.01. The van der Waals surface area contributed by atoms with Crippen LogP contribution in [0.4, 0.5) is 8.78 Å². The van der Waals surface area contributed by atoms with Crippen molar-refractivity contribution in [3.8, 4) is 22.9 Å². The molecule has 0 saturated heterocycles. The van der Waals surface area contributed by atoms with Gasteiger partial charge in [0.15, 0.2) is 0 Å². The highest BCUT2D eigenvalue weighted by Gasteiger charge is 2.14. The molecule has 0 aliphatic carbocycles. The van der Waals surface area contributed by atoms with Gasteiger partial charge in [0.2, 0.25) is 5.88 Å². The third-order valence-electron chi connectivity index (χ3n) is 3.38. The van der Waals surface area contributed by atoms with Crippen molar-refractivity contribution in [1.29, 1.82) is 0 Å². The van der Waals surface area contributed by atoms with E-state index in [0.717, 1.165) is 0 Å². The molecule has 7 nitrogen and oxygen atoms in total. The summed E-state index contributed by atoms with van der Waals surface area (Å²) in [5, 5.41) is 4.22. The van der Waals surface area contributed by atoms with Crippen molar-refractivity contribution in [2.24, 2.45) is 0 Å². The fourth-order valence-corrected chi connectivity index (χ4v) is 2.37. The third kappa shape index (κ3) is 4.29. The Balaban J connectivity index is 1.96. The molecule has 0 aliphatic rings. The lowest BCUT2D eigenvalue weighted by Crippen LogP contribution is -2.07. The SMILES string of the molecule is CCOc1ncc(Cn2cnc(C)n2)nc1-c1cccc(OC(F)F)c1. The van der Waals surface area contributed by atoms with Crippen LogP contribution < -0.4 is 9.47 Å². The van der Waals surface area contributed by atoms with E-state index in [9.17, 15) is 8.78 Å². The van der Waals surface area contributed by atoms with E-state index in [1.165, 1.54) is 12.1 Å². The van der Waals surface area contributed by atoms with E-state index >= 15 is 0 Å². The first-order chi connectivity index (χ1) is 12.5. The molecule has 2 heterocycles. The fraction of sp³-hybridized carbons (Fsp3) is 0.294. The summed E-state index contributed by atoms with van der Waals surface area (Å²) in [4.78, 5) is 12.9. The van der Waals surface area contributed by atoms with Gasteiger partial charge in [0.25, 0.3) is 0 Å². The quantitative estimate of drug-likeness (QED) is 0.644. The van der Waals surface area contributed by atoms with Crippen LogP contribution in [0.15, 0.2) is 36.8 Å². The van der Waals surface area contributed by atoms with Gasteiger partial charge < -0.3 is 9.47 Å². The summed E-state index contributed by atoms with van der Waals surface area (Å²) in [6, 6.07) is 6.26. The third-order valence-corrected chi connectivity index (χ3v) is 3.38. The molecule has 1 aromatic carbocycles. The lowest BCUT2D eigenvalue weighted by molar-refractivity contribution is -0.0498. The van der Waals surface area contributed by atoms with Crippen LogP contribution in [-0.4, -0.2) is 38.0 Å². The van der Waals surface area contributed by atoms with Crippen LogP contribution in [0.5, 0.6) is 11.6 Å². The van der Waals surface area contributed by atoms with Crippen LogP contribution >= 0.6 is 0 Å². The van der Waals surface area contributed by atoms with Gasteiger partial charge in [-0.1, -0.05) is 12.1 Å². The highest BCUT2D eigenvalue weighted by Crippen LogP contribution is 2.29. The van der Waals surface area contributed by atoms with E-state index in [0.29, 0.717) is 41.8 Å². The normalized spacial score (nSPS) is 11.0. The number of rotatable bonds is 7. The van der Waals surface area contributed by atoms with Crippen LogP contribution in [-0.2, 0) is 6.54 Å². The van der Waals surface area contributed by atoms with E-state index in [1.54, 1.807) is 36.3 Å². The van der Waals surface area contributed by atoms with Crippen molar-refractivity contribution in [3.05, 3.63) is 48.3 Å². The van der Waals surface area contributed by atoms with Gasteiger partial charge in [0.1, 0.15) is 23.6 Å². The summed E-state index contributed by atoms with van der Waals surface area (Å²) >= 11 is 0. The van der Waals surface area contributed by atoms with Gasteiger partial charge in [0, 0.05) is 5.56 Å². The molecular weight excluding hydrogens is 344 g/mol. The summed E-state index contributed by atoms with van der Waals surface area (Å²) in [6.07, 6.45) is 3.19. The first-order valence-electron chi connectivity index (χ1n) is 7.95. The Hall–Kier alpha value is -3.10. The van der Waals surface area contributed by atoms with E-state index in [4.69, 9.17) is 4.74 Å². The number of aromatic nitrogens is 5. The number of nitrogens with zero attached hydrogens (tertiary/aromatic N) is 5. The molecule has 0 aliphatic heterocycles. The van der Waals surface area contributed by atoms with Crippen molar-refractivity contribution < 1.29 is 18.3 Å². The van der Waals surface area contributed by atoms with Crippen LogP contribution in [0.2, 0.25) is 0 Å². The van der Waals surface area contributed by atoms with Crippen molar-refractivity contribution in [1.82, 2.24) is 24.7 Å². The van der Waals surface area contributed by atoms with E-state index in [2.05, 4.69) is 24.8 Å². The Morgan fingerprint density at radius 3 is 2.77 bits per heavy atom. The summed E-state index contributed by atoms with van der Waals surface area (Å²) in [7, 11) is 0. The fourth-order valence-electron chi connectivity index (χ4n) is 2.37. The average Bonchev–Trinajstić information content (AvgIpc) is 3.01. The standard InChI is InChI=1S/C17H17F2N5O2/c1-3-25-16-15(12-5-4-6-14(7-12)26-17(18)19)22-13(8-20-16)9-24-10-21-11(2)23-24/h4-8,10,17H,3,9H2,1-2H3. The first kappa shape index (κ1) is 17.7. The summed E-state index contributed by atoms with van der Waals surface area (Å²) < 4.78 is 36.6. The maximum absolute atomic E-state index is 12.5. The second kappa shape index (κ2) is 7.85. The molecule has 0 spiro atoms. The zero-order valence-electron chi connectivity index (χ0n) is 14.3. The highest BCUT2D eigenvalue weighted by molar-refractivity contribution is 5.66. The Bertz CT molecular complexity index is 885. The van der Waals surface area contributed by atoms with Crippen LogP contribution in [0.1, 0.15) is 18.4 Å². The second-order valence-electron chi connectivity index (χ2n) is 5.34. The summed E-state index contributed by atoms with van der Waals surface area (Å²) in [5.41, 5.74) is 1.64. The molecule has 3 rings (SSSR count). The average molecular weight is 361 g/mol.